The summed E-state index contributed by atoms with van der Waals surface area (Å²) in [7, 11) is 0. The number of rotatable bonds is 5. The summed E-state index contributed by atoms with van der Waals surface area (Å²) in [6.07, 6.45) is -1.64. The molecule has 2 aromatic heterocycles. The Hall–Kier alpha value is -3.49. The molecule has 5 nitrogen and oxygen atoms in total. The van der Waals surface area contributed by atoms with E-state index in [1.165, 1.54) is 12.1 Å². The van der Waals surface area contributed by atoms with Crippen LogP contribution in [0, 0.1) is 5.95 Å². The molecule has 0 spiro atoms. The second kappa shape index (κ2) is 7.63. The Labute approximate surface area is 157 Å². The van der Waals surface area contributed by atoms with Gasteiger partial charge >= 0.3 is 6.18 Å². The Balaban J connectivity index is 2.07. The average Bonchev–Trinajstić information content (AvgIpc) is 2.66. The molecule has 3 aromatic rings. The van der Waals surface area contributed by atoms with Crippen LogP contribution in [0.5, 0.6) is 0 Å². The van der Waals surface area contributed by atoms with Gasteiger partial charge in [-0.1, -0.05) is 6.07 Å². The number of amides is 1. The number of nitrogens with zero attached hydrogens (tertiary/aromatic N) is 2. The number of hydrogen-bond donors (Lipinski definition) is 2. The van der Waals surface area contributed by atoms with E-state index in [9.17, 15) is 22.4 Å². The molecule has 0 atom stereocenters. The van der Waals surface area contributed by atoms with Gasteiger partial charge in [-0.15, -0.1) is 0 Å². The third kappa shape index (κ3) is 4.25. The zero-order valence-electron chi connectivity index (χ0n) is 14.3. The van der Waals surface area contributed by atoms with E-state index >= 15 is 0 Å². The highest BCUT2D eigenvalue weighted by atomic mass is 19.4. The quantitative estimate of drug-likeness (QED) is 0.510. The Morgan fingerprint density at radius 2 is 1.71 bits per heavy atom. The number of primary amides is 1. The molecule has 0 saturated heterocycles. The fourth-order valence-electron chi connectivity index (χ4n) is 2.64. The van der Waals surface area contributed by atoms with Crippen LogP contribution in [0.1, 0.15) is 21.5 Å². The molecule has 0 bridgehead atoms. The molecule has 144 valence electrons. The summed E-state index contributed by atoms with van der Waals surface area (Å²) in [6.45, 7) is 0.201. The van der Waals surface area contributed by atoms with Crippen LogP contribution in [-0.4, -0.2) is 15.9 Å². The van der Waals surface area contributed by atoms with E-state index in [1.807, 2.05) is 0 Å². The van der Waals surface area contributed by atoms with Crippen molar-refractivity contribution >= 4 is 11.7 Å². The van der Waals surface area contributed by atoms with Gasteiger partial charge in [0.1, 0.15) is 5.82 Å². The zero-order valence-corrected chi connectivity index (χ0v) is 14.3. The molecule has 1 amide bonds. The lowest BCUT2D eigenvalue weighted by molar-refractivity contribution is -0.137. The molecule has 28 heavy (non-hydrogen) atoms. The number of nitrogens with one attached hydrogen (secondary N) is 1. The monoisotopic (exact) mass is 390 g/mol. The van der Waals surface area contributed by atoms with Crippen molar-refractivity contribution < 1.29 is 22.4 Å². The first-order valence-electron chi connectivity index (χ1n) is 8.06. The molecule has 0 saturated carbocycles. The number of carbonyl (C=O) groups excluding carboxylic acids is 1. The minimum absolute atomic E-state index is 0.0406. The number of alkyl halides is 3. The molecular weight excluding hydrogens is 376 g/mol. The minimum atomic E-state index is -4.75. The Kier molecular flexibility index (Phi) is 5.25. The molecule has 0 unspecified atom stereocenters. The predicted octanol–water partition coefficient (Wildman–Crippen LogP) is 4.01. The van der Waals surface area contributed by atoms with Crippen molar-refractivity contribution in [2.75, 3.05) is 5.32 Å². The van der Waals surface area contributed by atoms with Gasteiger partial charge in [-0.25, -0.2) is 4.98 Å². The average molecular weight is 390 g/mol. The van der Waals surface area contributed by atoms with Crippen LogP contribution in [0.15, 0.2) is 54.9 Å². The number of carbonyl (C=O) groups is 1. The second-order valence-electron chi connectivity index (χ2n) is 5.86. The first-order valence-corrected chi connectivity index (χ1v) is 8.06. The lowest BCUT2D eigenvalue weighted by atomic mass is 9.97. The van der Waals surface area contributed by atoms with Gasteiger partial charge in [-0.3, -0.25) is 9.78 Å². The van der Waals surface area contributed by atoms with Gasteiger partial charge in [0.15, 0.2) is 0 Å². The van der Waals surface area contributed by atoms with Crippen LogP contribution < -0.4 is 11.1 Å². The van der Waals surface area contributed by atoms with E-state index < -0.39 is 23.6 Å². The largest absolute Gasteiger partial charge is 0.417 e. The summed E-state index contributed by atoms with van der Waals surface area (Å²) in [5, 5.41) is 2.85. The van der Waals surface area contributed by atoms with E-state index in [0.29, 0.717) is 6.07 Å². The highest BCUT2D eigenvalue weighted by Gasteiger charge is 2.35. The van der Waals surface area contributed by atoms with Crippen LogP contribution in [0.25, 0.3) is 11.1 Å². The maximum Gasteiger partial charge on any atom is 0.417 e. The molecule has 1 aromatic carbocycles. The fourth-order valence-corrected chi connectivity index (χ4v) is 2.64. The summed E-state index contributed by atoms with van der Waals surface area (Å²) < 4.78 is 54.3. The fraction of sp³-hybridized carbons (Fsp3) is 0.105. The summed E-state index contributed by atoms with van der Waals surface area (Å²) in [5.74, 6) is -1.89. The van der Waals surface area contributed by atoms with Gasteiger partial charge in [0, 0.05) is 30.1 Å². The van der Waals surface area contributed by atoms with Crippen molar-refractivity contribution in [3.63, 3.8) is 0 Å². The van der Waals surface area contributed by atoms with E-state index in [0.717, 1.165) is 17.7 Å². The van der Waals surface area contributed by atoms with Crippen molar-refractivity contribution in [2.45, 2.75) is 12.7 Å². The number of benzene rings is 1. The van der Waals surface area contributed by atoms with Crippen molar-refractivity contribution in [1.29, 1.82) is 0 Å². The SMILES string of the molecule is NC(=O)c1ccc(-c2ccc(F)nc2NCc2ccncc2)c(C(F)(F)F)c1. The molecule has 0 radical (unpaired) electrons. The molecule has 0 aliphatic rings. The van der Waals surface area contributed by atoms with Gasteiger partial charge in [-0.05, 0) is 47.5 Å². The van der Waals surface area contributed by atoms with Crippen molar-refractivity contribution in [1.82, 2.24) is 9.97 Å². The van der Waals surface area contributed by atoms with Crippen molar-refractivity contribution in [3.8, 4) is 11.1 Å². The first-order chi connectivity index (χ1) is 13.3. The molecule has 0 aliphatic carbocycles. The van der Waals surface area contributed by atoms with Crippen molar-refractivity contribution in [3.05, 3.63) is 77.5 Å². The highest BCUT2D eigenvalue weighted by Crippen LogP contribution is 2.39. The minimum Gasteiger partial charge on any atom is -0.366 e. The molecule has 0 fully saturated rings. The van der Waals surface area contributed by atoms with Crippen LogP contribution in [-0.2, 0) is 12.7 Å². The summed E-state index contributed by atoms with van der Waals surface area (Å²) in [4.78, 5) is 18.8. The molecule has 3 N–H and O–H groups in total. The lowest BCUT2D eigenvalue weighted by Gasteiger charge is -2.17. The summed E-state index contributed by atoms with van der Waals surface area (Å²) >= 11 is 0. The number of pyridine rings is 2. The lowest BCUT2D eigenvalue weighted by Crippen LogP contribution is -2.15. The van der Waals surface area contributed by atoms with E-state index in [1.54, 1.807) is 24.5 Å². The normalized spacial score (nSPS) is 11.3. The van der Waals surface area contributed by atoms with E-state index in [-0.39, 0.29) is 29.1 Å². The number of anilines is 1. The van der Waals surface area contributed by atoms with Gasteiger partial charge in [0.2, 0.25) is 11.9 Å². The number of halogens is 4. The van der Waals surface area contributed by atoms with E-state index in [4.69, 9.17) is 5.73 Å². The van der Waals surface area contributed by atoms with Crippen LogP contribution in [0.2, 0.25) is 0 Å². The third-order valence-electron chi connectivity index (χ3n) is 3.97. The number of nitrogens with two attached hydrogens (primary N) is 1. The summed E-state index contributed by atoms with van der Waals surface area (Å²) in [5.41, 5.74) is 4.32. The maximum atomic E-state index is 13.6. The number of hydrogen-bond acceptors (Lipinski definition) is 4. The van der Waals surface area contributed by atoms with Gasteiger partial charge in [0.25, 0.3) is 0 Å². The zero-order chi connectivity index (χ0) is 20.3. The Bertz CT molecular complexity index is 1010. The van der Waals surface area contributed by atoms with Crippen molar-refractivity contribution in [2.24, 2.45) is 5.73 Å². The molecule has 2 heterocycles. The predicted molar refractivity (Wildman–Crippen MR) is 94.7 cm³/mol. The maximum absolute atomic E-state index is 13.6. The molecule has 3 rings (SSSR count). The number of aromatic nitrogens is 2. The first kappa shape index (κ1) is 19.3. The third-order valence-corrected chi connectivity index (χ3v) is 3.97. The van der Waals surface area contributed by atoms with Gasteiger partial charge in [0.05, 0.1) is 5.56 Å². The molecule has 9 heteroatoms. The van der Waals surface area contributed by atoms with E-state index in [2.05, 4.69) is 15.3 Å². The Morgan fingerprint density at radius 3 is 2.36 bits per heavy atom. The molecule has 0 aliphatic heterocycles. The standard InChI is InChI=1S/C19H14F4N4O/c20-16-4-3-14(18(27-16)26-10-11-5-7-25-8-6-11)13-2-1-12(17(24)28)9-15(13)19(21,22)23/h1-9H,10H2,(H2,24,28)(H,26,27). The van der Waals surface area contributed by atoms with Gasteiger partial charge in [-0.2, -0.15) is 17.6 Å². The second-order valence-corrected chi connectivity index (χ2v) is 5.86. The molecular formula is C19H14F4N4O. The van der Waals surface area contributed by atoms with Crippen LogP contribution in [0.3, 0.4) is 0 Å². The highest BCUT2D eigenvalue weighted by molar-refractivity contribution is 5.94. The summed E-state index contributed by atoms with van der Waals surface area (Å²) in [6, 6.07) is 8.55. The smallest absolute Gasteiger partial charge is 0.366 e. The van der Waals surface area contributed by atoms with Crippen LogP contribution in [0.4, 0.5) is 23.4 Å². The van der Waals surface area contributed by atoms with Gasteiger partial charge < -0.3 is 11.1 Å². The van der Waals surface area contributed by atoms with Crippen LogP contribution >= 0.6 is 0 Å². The topological polar surface area (TPSA) is 80.9 Å². The Morgan fingerprint density at radius 1 is 1.04 bits per heavy atom.